The van der Waals surface area contributed by atoms with Gasteiger partial charge in [-0.25, -0.2) is 8.42 Å². The number of nitrogens with zero attached hydrogens (tertiary/aromatic N) is 4. The van der Waals surface area contributed by atoms with Gasteiger partial charge >= 0.3 is 6.36 Å². The number of carbonyl (C=O) groups excluding carboxylic acids is 3. The summed E-state index contributed by atoms with van der Waals surface area (Å²) in [5.41, 5.74) is 1.60. The van der Waals surface area contributed by atoms with Gasteiger partial charge in [0.25, 0.3) is 11.8 Å². The van der Waals surface area contributed by atoms with Crippen LogP contribution < -0.4 is 10.1 Å². The highest BCUT2D eigenvalue weighted by Crippen LogP contribution is 2.33. The number of hydrogen-bond acceptors (Lipinski definition) is 7. The van der Waals surface area contributed by atoms with Gasteiger partial charge in [-0.05, 0) is 73.7 Å². The first-order valence-corrected chi connectivity index (χ1v) is 16.2. The normalized spacial score (nSPS) is 19.0. The van der Waals surface area contributed by atoms with Gasteiger partial charge in [0.1, 0.15) is 17.1 Å². The van der Waals surface area contributed by atoms with Crippen LogP contribution in [0.25, 0.3) is 6.08 Å². The van der Waals surface area contributed by atoms with Gasteiger partial charge < -0.3 is 19.9 Å². The number of sulfonamides is 1. The van der Waals surface area contributed by atoms with Gasteiger partial charge in [0.05, 0.1) is 0 Å². The number of amides is 3. The summed E-state index contributed by atoms with van der Waals surface area (Å²) >= 11 is 0. The van der Waals surface area contributed by atoms with Crippen LogP contribution in [0.1, 0.15) is 52.4 Å². The number of amidine groups is 1. The summed E-state index contributed by atoms with van der Waals surface area (Å²) in [7, 11) is -3.88. The summed E-state index contributed by atoms with van der Waals surface area (Å²) in [6.07, 6.45) is -3.20. The van der Waals surface area contributed by atoms with E-state index >= 15 is 0 Å². The molecule has 3 aliphatic rings. The number of aryl methyl sites for hydroxylation is 2. The summed E-state index contributed by atoms with van der Waals surface area (Å²) in [5.74, 6) is -0.974. The summed E-state index contributed by atoms with van der Waals surface area (Å²) < 4.78 is 69.7. The lowest BCUT2D eigenvalue weighted by atomic mass is 9.89. The molecule has 1 spiro atoms. The topological polar surface area (TPSA) is 129 Å². The monoisotopic (exact) mass is 661 g/mol. The maximum atomic E-state index is 13.3. The number of ether oxygens (including phenoxy) is 1. The van der Waals surface area contributed by atoms with Crippen molar-refractivity contribution in [2.24, 2.45) is 4.99 Å². The van der Waals surface area contributed by atoms with E-state index in [-0.39, 0.29) is 49.1 Å². The molecule has 3 heterocycles. The van der Waals surface area contributed by atoms with Crippen LogP contribution in [-0.4, -0.2) is 97.2 Å². The first-order chi connectivity index (χ1) is 21.6. The highest BCUT2D eigenvalue weighted by molar-refractivity contribution is 7.92. The minimum absolute atomic E-state index is 0.0103. The number of nitrogens with one attached hydrogen (secondary N) is 1. The molecule has 2 saturated heterocycles. The second kappa shape index (κ2) is 12.5. The second-order valence-electron chi connectivity index (χ2n) is 11.6. The predicted octanol–water partition coefficient (Wildman–Crippen LogP) is 3.22. The minimum atomic E-state index is -4.87. The van der Waals surface area contributed by atoms with Gasteiger partial charge in [-0.3, -0.25) is 19.4 Å². The fraction of sp³-hybridized carbons (Fsp3) is 0.419. The first kappa shape index (κ1) is 33.1. The van der Waals surface area contributed by atoms with Gasteiger partial charge in [0.2, 0.25) is 15.9 Å². The van der Waals surface area contributed by atoms with E-state index in [2.05, 4.69) is 15.0 Å². The Morgan fingerprint density at radius 3 is 2.17 bits per heavy atom. The van der Waals surface area contributed by atoms with Gasteiger partial charge in [-0.15, -0.1) is 13.2 Å². The molecule has 0 aromatic heterocycles. The molecule has 0 atom stereocenters. The van der Waals surface area contributed by atoms with Gasteiger partial charge in [-0.1, -0.05) is 12.1 Å². The fourth-order valence-electron chi connectivity index (χ4n) is 5.95. The van der Waals surface area contributed by atoms with Crippen molar-refractivity contribution in [3.63, 3.8) is 0 Å². The number of alkyl halides is 3. The molecule has 0 unspecified atom stereocenters. The van der Waals surface area contributed by atoms with Crippen LogP contribution in [0.15, 0.2) is 46.8 Å². The molecule has 1 N–H and O–H groups in total. The third kappa shape index (κ3) is 7.09. The van der Waals surface area contributed by atoms with E-state index in [1.165, 1.54) is 29.4 Å². The smallest absolute Gasteiger partial charge is 0.406 e. The number of piperidine rings is 1. The molecule has 0 aliphatic carbocycles. The maximum Gasteiger partial charge on any atom is 0.573 e. The van der Waals surface area contributed by atoms with Crippen LogP contribution >= 0.6 is 0 Å². The first-order valence-electron chi connectivity index (χ1n) is 14.7. The lowest BCUT2D eigenvalue weighted by molar-refractivity contribution is -0.274. The van der Waals surface area contributed by atoms with E-state index in [0.29, 0.717) is 37.3 Å². The molecular weight excluding hydrogens is 627 g/mol. The Labute approximate surface area is 264 Å². The third-order valence-corrected chi connectivity index (χ3v) is 10.1. The number of aliphatic imine (C=N–C) groups is 1. The summed E-state index contributed by atoms with van der Waals surface area (Å²) in [6, 6.07) is 8.56. The van der Waals surface area contributed by atoms with E-state index in [1.54, 1.807) is 35.8 Å². The van der Waals surface area contributed by atoms with Crippen molar-refractivity contribution in [1.82, 2.24) is 19.4 Å². The van der Waals surface area contributed by atoms with Gasteiger partial charge in [0.15, 0.2) is 0 Å². The van der Waals surface area contributed by atoms with Crippen molar-refractivity contribution in [3.8, 4) is 5.75 Å². The van der Waals surface area contributed by atoms with E-state index in [1.807, 2.05) is 0 Å². The van der Waals surface area contributed by atoms with Crippen LogP contribution in [0.5, 0.6) is 5.75 Å². The van der Waals surface area contributed by atoms with Crippen molar-refractivity contribution in [2.75, 3.05) is 39.3 Å². The largest absolute Gasteiger partial charge is 0.573 e. The Morgan fingerprint density at radius 1 is 0.978 bits per heavy atom. The lowest BCUT2D eigenvalue weighted by Crippen LogP contribution is -2.50. The fourth-order valence-corrected chi connectivity index (χ4v) is 7.12. The second-order valence-corrected chi connectivity index (χ2v) is 13.4. The van der Waals surface area contributed by atoms with Crippen molar-refractivity contribution >= 4 is 39.7 Å². The lowest BCUT2D eigenvalue weighted by Gasteiger charge is -2.34. The molecule has 2 aromatic carbocycles. The highest BCUT2D eigenvalue weighted by atomic mass is 32.2. The van der Waals surface area contributed by atoms with E-state index in [4.69, 9.17) is 0 Å². The zero-order valence-electron chi connectivity index (χ0n) is 25.6. The number of halogens is 3. The van der Waals surface area contributed by atoms with Crippen LogP contribution in [-0.2, 0) is 19.6 Å². The number of piperazine rings is 1. The molecule has 2 fully saturated rings. The van der Waals surface area contributed by atoms with Crippen molar-refractivity contribution in [3.05, 3.63) is 69.6 Å². The molecule has 46 heavy (non-hydrogen) atoms. The van der Waals surface area contributed by atoms with Crippen LogP contribution in [0.4, 0.5) is 13.2 Å². The van der Waals surface area contributed by atoms with Gasteiger partial charge in [-0.2, -0.15) is 4.31 Å². The Balaban J connectivity index is 1.24. The Bertz CT molecular complexity index is 1700. The zero-order chi connectivity index (χ0) is 33.4. The SMILES string of the molecule is CC(=O)N1CCN(C(=O)c2cc(C)c(C=CS(=O)(=O)N3CCC4(CC3)N=C(c3cccc(OC(F)(F)F)c3)NC4=O)c(C)c2)CC1. The standard InChI is InChI=1S/C31H34F3N5O6S/c1-20-17-24(28(41)38-14-12-37(13-15-38)22(3)40)18-21(2)26(20)7-16-46(43,44)39-10-8-30(9-11-39)29(42)35-27(36-30)23-5-4-6-25(19-23)45-31(32,33)34/h4-7,16-19H,8-15H2,1-3H3,(H,35,36,42). The minimum Gasteiger partial charge on any atom is -0.406 e. The van der Waals surface area contributed by atoms with Crippen molar-refractivity contribution < 1.29 is 40.7 Å². The number of rotatable bonds is 6. The molecule has 3 aliphatic heterocycles. The Morgan fingerprint density at radius 2 is 1.59 bits per heavy atom. The maximum absolute atomic E-state index is 13.3. The molecule has 3 amide bonds. The Hall–Kier alpha value is -4.24. The predicted molar refractivity (Wildman–Crippen MR) is 163 cm³/mol. The van der Waals surface area contributed by atoms with Gasteiger partial charge in [0, 0.05) is 62.7 Å². The molecule has 15 heteroatoms. The molecule has 246 valence electrons. The molecule has 5 rings (SSSR count). The average Bonchev–Trinajstić information content (AvgIpc) is 3.30. The quantitative estimate of drug-likeness (QED) is 0.507. The van der Waals surface area contributed by atoms with Crippen LogP contribution in [0, 0.1) is 13.8 Å². The average molecular weight is 662 g/mol. The molecule has 2 aromatic rings. The van der Waals surface area contributed by atoms with Crippen LogP contribution in [0.3, 0.4) is 0 Å². The summed E-state index contributed by atoms with van der Waals surface area (Å²) in [6.45, 7) is 6.94. The molecule has 0 radical (unpaired) electrons. The molecule has 0 bridgehead atoms. The van der Waals surface area contributed by atoms with E-state index in [0.717, 1.165) is 28.7 Å². The number of benzene rings is 2. The Kier molecular flexibility index (Phi) is 9.01. The summed E-state index contributed by atoms with van der Waals surface area (Å²) in [5, 5.41) is 3.73. The highest BCUT2D eigenvalue weighted by Gasteiger charge is 2.47. The zero-order valence-corrected chi connectivity index (χ0v) is 26.4. The summed E-state index contributed by atoms with van der Waals surface area (Å²) in [4.78, 5) is 45.6. The molecule has 0 saturated carbocycles. The van der Waals surface area contributed by atoms with Crippen molar-refractivity contribution in [1.29, 1.82) is 0 Å². The van der Waals surface area contributed by atoms with E-state index < -0.39 is 33.6 Å². The van der Waals surface area contributed by atoms with E-state index in [9.17, 15) is 36.0 Å². The number of carbonyl (C=O) groups is 3. The number of hydrogen-bond donors (Lipinski definition) is 1. The van der Waals surface area contributed by atoms with Crippen molar-refractivity contribution in [2.45, 2.75) is 45.5 Å². The molecule has 11 nitrogen and oxygen atoms in total. The molecular formula is C31H34F3N5O6S. The third-order valence-electron chi connectivity index (χ3n) is 8.49. The van der Waals surface area contributed by atoms with Crippen LogP contribution in [0.2, 0.25) is 0 Å².